The molecule has 1 aliphatic rings. The van der Waals surface area contributed by atoms with Gasteiger partial charge >= 0.3 is 0 Å². The van der Waals surface area contributed by atoms with Gasteiger partial charge in [-0.05, 0) is 31.7 Å². The summed E-state index contributed by atoms with van der Waals surface area (Å²) in [4.78, 5) is 8.69. The molecule has 0 spiro atoms. The van der Waals surface area contributed by atoms with Gasteiger partial charge in [0, 0.05) is 24.5 Å². The summed E-state index contributed by atoms with van der Waals surface area (Å²) in [5, 5.41) is 4.64. The molecule has 1 fully saturated rings. The average Bonchev–Trinajstić information content (AvgIpc) is 3.14. The monoisotopic (exact) mass is 267 g/mol. The number of anilines is 1. The fourth-order valence-corrected chi connectivity index (χ4v) is 3.25. The molecular weight excluding hydrogens is 242 g/mol. The summed E-state index contributed by atoms with van der Waals surface area (Å²) < 4.78 is 0. The summed E-state index contributed by atoms with van der Waals surface area (Å²) >= 11 is 1.87. The maximum Gasteiger partial charge on any atom is 0.185 e. The minimum Gasteiger partial charge on any atom is -0.348 e. The van der Waals surface area contributed by atoms with Gasteiger partial charge in [0.05, 0.1) is 5.69 Å². The number of nitrogens with zero attached hydrogens (tertiary/aromatic N) is 2. The van der Waals surface area contributed by atoms with E-state index in [9.17, 15) is 0 Å². The first-order valence-corrected chi connectivity index (χ1v) is 7.92. The van der Waals surface area contributed by atoms with Crippen LogP contribution in [0, 0.1) is 0 Å². The van der Waals surface area contributed by atoms with Crippen LogP contribution in [0.15, 0.2) is 0 Å². The second kappa shape index (κ2) is 6.02. The zero-order chi connectivity index (χ0) is 13.1. The van der Waals surface area contributed by atoms with Crippen molar-refractivity contribution < 1.29 is 0 Å². The third-order valence-corrected chi connectivity index (χ3v) is 4.89. The molecule has 3 nitrogen and oxygen atoms in total. The minimum atomic E-state index is 0.566. The third kappa shape index (κ3) is 3.04. The van der Waals surface area contributed by atoms with Gasteiger partial charge in [0.25, 0.3) is 0 Å². The van der Waals surface area contributed by atoms with E-state index in [4.69, 9.17) is 4.98 Å². The largest absolute Gasteiger partial charge is 0.348 e. The van der Waals surface area contributed by atoms with Gasteiger partial charge in [-0.1, -0.05) is 20.8 Å². The number of hydrogen-bond donors (Lipinski definition) is 1. The molecule has 18 heavy (non-hydrogen) atoms. The molecule has 1 heterocycles. The second-order valence-electron chi connectivity index (χ2n) is 5.24. The summed E-state index contributed by atoms with van der Waals surface area (Å²) in [6.07, 6.45) is 3.82. The molecule has 0 saturated heterocycles. The Kier molecular flexibility index (Phi) is 4.62. The zero-order valence-electron chi connectivity index (χ0n) is 12.0. The molecule has 102 valence electrons. The van der Waals surface area contributed by atoms with Gasteiger partial charge in [-0.15, -0.1) is 11.3 Å². The van der Waals surface area contributed by atoms with E-state index in [0.717, 1.165) is 25.6 Å². The van der Waals surface area contributed by atoms with Crippen molar-refractivity contribution in [3.05, 3.63) is 10.6 Å². The zero-order valence-corrected chi connectivity index (χ0v) is 12.8. The van der Waals surface area contributed by atoms with Gasteiger partial charge in [0.2, 0.25) is 0 Å². The van der Waals surface area contributed by atoms with Gasteiger partial charge in [-0.3, -0.25) is 0 Å². The summed E-state index contributed by atoms with van der Waals surface area (Å²) in [6.45, 7) is 8.66. The molecule has 1 aromatic rings. The number of hydrogen-bond acceptors (Lipinski definition) is 4. The Morgan fingerprint density at radius 3 is 2.72 bits per heavy atom. The molecule has 1 unspecified atom stereocenters. The standard InChI is InChI=1S/C14H25N3S/c1-5-10(3)13-12(9-15-6-2)18-14(16-13)17(4)11-7-8-11/h10-11,15H,5-9H2,1-4H3. The van der Waals surface area contributed by atoms with Crippen LogP contribution in [0.1, 0.15) is 56.5 Å². The van der Waals surface area contributed by atoms with E-state index in [2.05, 4.69) is 38.0 Å². The normalized spacial score (nSPS) is 16.9. The Morgan fingerprint density at radius 1 is 1.44 bits per heavy atom. The van der Waals surface area contributed by atoms with Crippen molar-refractivity contribution in [2.75, 3.05) is 18.5 Å². The molecule has 0 aromatic carbocycles. The molecule has 0 aliphatic heterocycles. The summed E-state index contributed by atoms with van der Waals surface area (Å²) in [5.74, 6) is 0.566. The molecule has 1 aromatic heterocycles. The van der Waals surface area contributed by atoms with E-state index in [1.54, 1.807) is 0 Å². The first-order valence-electron chi connectivity index (χ1n) is 7.10. The lowest BCUT2D eigenvalue weighted by atomic mass is 10.0. The smallest absolute Gasteiger partial charge is 0.185 e. The Hall–Kier alpha value is -0.610. The molecule has 0 radical (unpaired) electrons. The van der Waals surface area contributed by atoms with Crippen molar-refractivity contribution >= 4 is 16.5 Å². The van der Waals surface area contributed by atoms with Gasteiger partial charge in [-0.25, -0.2) is 4.98 Å². The minimum absolute atomic E-state index is 0.566. The lowest BCUT2D eigenvalue weighted by molar-refractivity contribution is 0.677. The van der Waals surface area contributed by atoms with Crippen molar-refractivity contribution in [2.45, 2.75) is 58.5 Å². The number of aromatic nitrogens is 1. The summed E-state index contributed by atoms with van der Waals surface area (Å²) in [6, 6.07) is 0.743. The van der Waals surface area contributed by atoms with E-state index in [0.29, 0.717) is 5.92 Å². The predicted molar refractivity (Wildman–Crippen MR) is 79.6 cm³/mol. The van der Waals surface area contributed by atoms with Crippen LogP contribution in [-0.4, -0.2) is 24.6 Å². The molecule has 0 bridgehead atoms. The van der Waals surface area contributed by atoms with Crippen LogP contribution < -0.4 is 10.2 Å². The van der Waals surface area contributed by atoms with Gasteiger partial charge < -0.3 is 10.2 Å². The molecule has 4 heteroatoms. The molecule has 0 amide bonds. The number of rotatable bonds is 7. The highest BCUT2D eigenvalue weighted by Gasteiger charge is 2.29. The second-order valence-corrected chi connectivity index (χ2v) is 6.30. The van der Waals surface area contributed by atoms with Crippen molar-refractivity contribution in [1.29, 1.82) is 0 Å². The Balaban J connectivity index is 2.18. The van der Waals surface area contributed by atoms with Crippen molar-refractivity contribution in [3.63, 3.8) is 0 Å². The molecule has 1 aliphatic carbocycles. The van der Waals surface area contributed by atoms with E-state index in [1.807, 2.05) is 11.3 Å². The Labute approximate surface area is 115 Å². The molecule has 1 atom stereocenters. The van der Waals surface area contributed by atoms with E-state index in [-0.39, 0.29) is 0 Å². The molecule has 1 saturated carbocycles. The topological polar surface area (TPSA) is 28.2 Å². The Bertz CT molecular complexity index is 384. The van der Waals surface area contributed by atoms with E-state index in [1.165, 1.54) is 28.5 Å². The fourth-order valence-electron chi connectivity index (χ4n) is 2.06. The highest BCUT2D eigenvalue weighted by molar-refractivity contribution is 7.15. The first kappa shape index (κ1) is 13.8. The number of thiazole rings is 1. The van der Waals surface area contributed by atoms with Crippen LogP contribution in [-0.2, 0) is 6.54 Å². The van der Waals surface area contributed by atoms with Gasteiger partial charge in [0.1, 0.15) is 0 Å². The summed E-state index contributed by atoms with van der Waals surface area (Å²) in [7, 11) is 2.19. The van der Waals surface area contributed by atoms with E-state index >= 15 is 0 Å². The molecule has 2 rings (SSSR count). The van der Waals surface area contributed by atoms with Gasteiger partial charge in [-0.2, -0.15) is 0 Å². The van der Waals surface area contributed by atoms with Crippen LogP contribution in [0.5, 0.6) is 0 Å². The first-order chi connectivity index (χ1) is 8.67. The van der Waals surface area contributed by atoms with Gasteiger partial charge in [0.15, 0.2) is 5.13 Å². The number of nitrogens with one attached hydrogen (secondary N) is 1. The Morgan fingerprint density at radius 2 is 2.17 bits per heavy atom. The predicted octanol–water partition coefficient (Wildman–Crippen LogP) is 3.36. The highest BCUT2D eigenvalue weighted by Crippen LogP contribution is 2.36. The maximum atomic E-state index is 4.90. The lowest BCUT2D eigenvalue weighted by Gasteiger charge is -2.13. The van der Waals surface area contributed by atoms with Crippen LogP contribution in [0.4, 0.5) is 5.13 Å². The van der Waals surface area contributed by atoms with Crippen LogP contribution >= 0.6 is 11.3 Å². The van der Waals surface area contributed by atoms with Crippen LogP contribution in [0.2, 0.25) is 0 Å². The maximum absolute atomic E-state index is 4.90. The van der Waals surface area contributed by atoms with Crippen molar-refractivity contribution in [2.24, 2.45) is 0 Å². The summed E-state index contributed by atoms with van der Waals surface area (Å²) in [5.41, 5.74) is 1.31. The van der Waals surface area contributed by atoms with Crippen molar-refractivity contribution in [1.82, 2.24) is 10.3 Å². The lowest BCUT2D eigenvalue weighted by Crippen LogP contribution is -2.19. The quantitative estimate of drug-likeness (QED) is 0.821. The fraction of sp³-hybridized carbons (Fsp3) is 0.786. The third-order valence-electron chi connectivity index (χ3n) is 3.73. The van der Waals surface area contributed by atoms with E-state index < -0.39 is 0 Å². The average molecular weight is 267 g/mol. The van der Waals surface area contributed by atoms with Crippen LogP contribution in [0.3, 0.4) is 0 Å². The highest BCUT2D eigenvalue weighted by atomic mass is 32.1. The van der Waals surface area contributed by atoms with Crippen LogP contribution in [0.25, 0.3) is 0 Å². The molecular formula is C14H25N3S. The van der Waals surface area contributed by atoms with Crippen molar-refractivity contribution in [3.8, 4) is 0 Å². The SMILES string of the molecule is CCNCc1sc(N(C)C2CC2)nc1C(C)CC. The molecule has 1 N–H and O–H groups in total.